The van der Waals surface area contributed by atoms with Crippen molar-refractivity contribution in [2.75, 3.05) is 10.8 Å². The van der Waals surface area contributed by atoms with Crippen molar-refractivity contribution >= 4 is 43.5 Å². The number of carbonyl (C=O) groups excluding carboxylic acids is 2. The Morgan fingerprint density at radius 1 is 0.927 bits per heavy atom. The molecule has 1 unspecified atom stereocenters. The molecule has 0 heterocycles. The third kappa shape index (κ3) is 7.57. The average Bonchev–Trinajstić information content (AvgIpc) is 2.97. The van der Waals surface area contributed by atoms with Crippen molar-refractivity contribution in [3.05, 3.63) is 94.0 Å². The summed E-state index contributed by atoms with van der Waals surface area (Å²) >= 11 is 3.45. The van der Waals surface area contributed by atoms with Crippen molar-refractivity contribution in [1.82, 2.24) is 10.2 Å². The van der Waals surface area contributed by atoms with Crippen LogP contribution in [0, 0.1) is 13.8 Å². The van der Waals surface area contributed by atoms with Crippen molar-refractivity contribution in [3.63, 3.8) is 0 Å². The number of nitrogens with zero attached hydrogens (tertiary/aromatic N) is 2. The molecule has 1 atom stereocenters. The van der Waals surface area contributed by atoms with E-state index in [0.29, 0.717) is 5.69 Å². The minimum atomic E-state index is -4.09. The van der Waals surface area contributed by atoms with Gasteiger partial charge in [0.25, 0.3) is 10.0 Å². The SMILES string of the molecule is Cc1cccc(N(CC(=O)N(Cc2ccc(Br)cc2)C(C)C(=O)NC2CCCCC2)S(=O)(=O)c2ccccc2)c1C. The maximum absolute atomic E-state index is 14.1. The molecule has 1 N–H and O–H groups in total. The Bertz CT molecular complexity index is 1460. The second-order valence-electron chi connectivity index (χ2n) is 10.7. The lowest BCUT2D eigenvalue weighted by Gasteiger charge is -2.33. The number of hydrogen-bond donors (Lipinski definition) is 1. The molecule has 4 rings (SSSR count). The molecule has 7 nitrogen and oxygen atoms in total. The number of nitrogens with one attached hydrogen (secondary N) is 1. The van der Waals surface area contributed by atoms with Crippen LogP contribution in [0.25, 0.3) is 0 Å². The number of halogens is 1. The third-order valence-corrected chi connectivity index (χ3v) is 10.1. The summed E-state index contributed by atoms with van der Waals surface area (Å²) < 4.78 is 30.0. The molecule has 0 aromatic heterocycles. The van der Waals surface area contributed by atoms with E-state index in [1.807, 2.05) is 44.2 Å². The van der Waals surface area contributed by atoms with Crippen LogP contribution in [-0.2, 0) is 26.2 Å². The Morgan fingerprint density at radius 2 is 1.59 bits per heavy atom. The van der Waals surface area contributed by atoms with Crippen LogP contribution in [0.2, 0.25) is 0 Å². The first-order chi connectivity index (χ1) is 19.6. The maximum atomic E-state index is 14.1. The minimum absolute atomic E-state index is 0.0910. The predicted molar refractivity (Wildman–Crippen MR) is 166 cm³/mol. The number of aryl methyl sites for hydroxylation is 1. The van der Waals surface area contributed by atoms with Gasteiger partial charge in [-0.15, -0.1) is 0 Å². The van der Waals surface area contributed by atoms with Crippen LogP contribution in [0.3, 0.4) is 0 Å². The van der Waals surface area contributed by atoms with Crippen LogP contribution in [0.15, 0.2) is 82.2 Å². The van der Waals surface area contributed by atoms with Gasteiger partial charge < -0.3 is 10.2 Å². The molecule has 218 valence electrons. The lowest BCUT2D eigenvalue weighted by Crippen LogP contribution is -2.53. The molecule has 41 heavy (non-hydrogen) atoms. The fraction of sp³-hybridized carbons (Fsp3) is 0.375. The average molecular weight is 641 g/mol. The van der Waals surface area contributed by atoms with Crippen LogP contribution in [0.1, 0.15) is 55.7 Å². The predicted octanol–water partition coefficient (Wildman–Crippen LogP) is 6.13. The van der Waals surface area contributed by atoms with Gasteiger partial charge in [0.15, 0.2) is 0 Å². The van der Waals surface area contributed by atoms with E-state index in [9.17, 15) is 18.0 Å². The molecule has 0 aliphatic heterocycles. The Hall–Kier alpha value is -3.17. The zero-order valence-corrected chi connectivity index (χ0v) is 26.2. The van der Waals surface area contributed by atoms with E-state index in [2.05, 4.69) is 21.2 Å². The number of rotatable bonds is 10. The molecule has 0 bridgehead atoms. The van der Waals surface area contributed by atoms with Crippen molar-refractivity contribution in [2.24, 2.45) is 0 Å². The number of anilines is 1. The second kappa shape index (κ2) is 13.7. The summed E-state index contributed by atoms with van der Waals surface area (Å²) in [7, 11) is -4.09. The third-order valence-electron chi connectivity index (χ3n) is 7.84. The number of carbonyl (C=O) groups is 2. The van der Waals surface area contributed by atoms with E-state index in [4.69, 9.17) is 0 Å². The second-order valence-corrected chi connectivity index (χ2v) is 13.5. The van der Waals surface area contributed by atoms with Crippen LogP contribution in [0.5, 0.6) is 0 Å². The number of amides is 2. The molecule has 3 aromatic rings. The van der Waals surface area contributed by atoms with Gasteiger partial charge in [0.2, 0.25) is 11.8 Å². The molecular weight excluding hydrogens is 602 g/mol. The van der Waals surface area contributed by atoms with Crippen LogP contribution >= 0.6 is 15.9 Å². The summed E-state index contributed by atoms with van der Waals surface area (Å²) in [5.74, 6) is -0.689. The maximum Gasteiger partial charge on any atom is 0.264 e. The molecule has 1 fully saturated rings. The Labute approximate surface area is 252 Å². The van der Waals surface area contributed by atoms with Crippen LogP contribution in [-0.4, -0.2) is 43.8 Å². The molecule has 9 heteroatoms. The van der Waals surface area contributed by atoms with Crippen molar-refractivity contribution in [2.45, 2.75) is 76.4 Å². The van der Waals surface area contributed by atoms with E-state index >= 15 is 0 Å². The number of sulfonamides is 1. The quantitative estimate of drug-likeness (QED) is 0.289. The van der Waals surface area contributed by atoms with E-state index in [1.54, 1.807) is 37.3 Å². The molecule has 0 spiro atoms. The van der Waals surface area contributed by atoms with Crippen molar-refractivity contribution < 1.29 is 18.0 Å². The highest BCUT2D eigenvalue weighted by molar-refractivity contribution is 9.10. The largest absolute Gasteiger partial charge is 0.352 e. The van der Waals surface area contributed by atoms with Gasteiger partial charge in [-0.1, -0.05) is 77.7 Å². The summed E-state index contributed by atoms with van der Waals surface area (Å²) in [4.78, 5) is 29.2. The van der Waals surface area contributed by atoms with Crippen LogP contribution in [0.4, 0.5) is 5.69 Å². The highest BCUT2D eigenvalue weighted by Crippen LogP contribution is 2.29. The summed E-state index contributed by atoms with van der Waals surface area (Å²) in [6.45, 7) is 5.19. The van der Waals surface area contributed by atoms with Gasteiger partial charge in [0, 0.05) is 17.1 Å². The van der Waals surface area contributed by atoms with E-state index in [1.165, 1.54) is 27.8 Å². The number of benzene rings is 3. The highest BCUT2D eigenvalue weighted by atomic mass is 79.9. The van der Waals surface area contributed by atoms with Gasteiger partial charge >= 0.3 is 0 Å². The first-order valence-electron chi connectivity index (χ1n) is 14.1. The molecule has 1 aliphatic rings. The molecule has 0 saturated heterocycles. The Balaban J connectivity index is 1.69. The fourth-order valence-corrected chi connectivity index (χ4v) is 6.93. The molecule has 1 aliphatic carbocycles. The lowest BCUT2D eigenvalue weighted by atomic mass is 9.95. The van der Waals surface area contributed by atoms with Gasteiger partial charge in [-0.3, -0.25) is 13.9 Å². The molecule has 2 amide bonds. The van der Waals surface area contributed by atoms with Gasteiger partial charge in [0.1, 0.15) is 12.6 Å². The molecule has 3 aromatic carbocycles. The smallest absolute Gasteiger partial charge is 0.264 e. The summed E-state index contributed by atoms with van der Waals surface area (Å²) in [5.41, 5.74) is 2.95. The van der Waals surface area contributed by atoms with Gasteiger partial charge in [-0.2, -0.15) is 0 Å². The van der Waals surface area contributed by atoms with Crippen LogP contribution < -0.4 is 9.62 Å². The standard InChI is InChI=1S/C32H38BrN3O4S/c1-23-11-10-16-30(24(23)2)36(41(39,40)29-14-8-5-9-15-29)22-31(37)35(21-26-17-19-27(33)20-18-26)25(3)32(38)34-28-12-6-4-7-13-28/h5,8-11,14-20,25,28H,4,6-7,12-13,21-22H2,1-3H3,(H,34,38). The van der Waals surface area contributed by atoms with Crippen molar-refractivity contribution in [3.8, 4) is 0 Å². The molecule has 1 saturated carbocycles. The summed E-state index contributed by atoms with van der Waals surface area (Å²) in [5, 5.41) is 3.13. The zero-order chi connectivity index (χ0) is 29.6. The van der Waals surface area contributed by atoms with E-state index in [0.717, 1.165) is 46.8 Å². The lowest BCUT2D eigenvalue weighted by molar-refractivity contribution is -0.139. The first-order valence-corrected chi connectivity index (χ1v) is 16.3. The molecular formula is C32H38BrN3O4S. The summed E-state index contributed by atoms with van der Waals surface area (Å²) in [6.07, 6.45) is 5.16. The van der Waals surface area contributed by atoms with Gasteiger partial charge in [0.05, 0.1) is 10.6 Å². The topological polar surface area (TPSA) is 86.8 Å². The Morgan fingerprint density at radius 3 is 2.24 bits per heavy atom. The monoisotopic (exact) mass is 639 g/mol. The fourth-order valence-electron chi connectivity index (χ4n) is 5.18. The highest BCUT2D eigenvalue weighted by Gasteiger charge is 2.33. The Kier molecular flexibility index (Phi) is 10.3. The zero-order valence-electron chi connectivity index (χ0n) is 23.8. The van der Waals surface area contributed by atoms with Gasteiger partial charge in [-0.05, 0) is 80.6 Å². The van der Waals surface area contributed by atoms with Crippen molar-refractivity contribution in [1.29, 1.82) is 0 Å². The number of hydrogen-bond acceptors (Lipinski definition) is 4. The first kappa shape index (κ1) is 30.8. The minimum Gasteiger partial charge on any atom is -0.352 e. The summed E-state index contributed by atoms with van der Waals surface area (Å²) in [6, 6.07) is 20.4. The normalized spacial score (nSPS) is 14.7. The van der Waals surface area contributed by atoms with Gasteiger partial charge in [-0.25, -0.2) is 8.42 Å². The van der Waals surface area contributed by atoms with E-state index in [-0.39, 0.29) is 23.4 Å². The molecule has 0 radical (unpaired) electrons. The van der Waals surface area contributed by atoms with E-state index < -0.39 is 28.5 Å².